The Labute approximate surface area is 126 Å². The fourth-order valence-electron chi connectivity index (χ4n) is 2.34. The minimum absolute atomic E-state index is 0.200. The van der Waals surface area contributed by atoms with Crippen LogP contribution in [0.3, 0.4) is 0 Å². The summed E-state index contributed by atoms with van der Waals surface area (Å²) in [4.78, 5) is 0. The second-order valence-electron chi connectivity index (χ2n) is 5.22. The molecule has 3 nitrogen and oxygen atoms in total. The van der Waals surface area contributed by atoms with Crippen molar-refractivity contribution < 1.29 is 14.6 Å². The first kappa shape index (κ1) is 15.4. The molecule has 112 valence electrons. The van der Waals surface area contributed by atoms with E-state index < -0.39 is 6.10 Å². The van der Waals surface area contributed by atoms with Gasteiger partial charge >= 0.3 is 0 Å². The minimum Gasteiger partial charge on any atom is -0.496 e. The van der Waals surface area contributed by atoms with E-state index in [1.165, 1.54) is 5.56 Å². The number of rotatable bonds is 5. The average Bonchev–Trinajstić information content (AvgIpc) is 2.50. The van der Waals surface area contributed by atoms with Crippen LogP contribution in [0, 0.1) is 20.8 Å². The summed E-state index contributed by atoms with van der Waals surface area (Å²) in [6.07, 6.45) is -0.722. The Morgan fingerprint density at radius 3 is 2.38 bits per heavy atom. The molecule has 0 heterocycles. The molecule has 0 fully saturated rings. The molecule has 1 atom stereocenters. The maximum atomic E-state index is 10.3. The van der Waals surface area contributed by atoms with Crippen molar-refractivity contribution in [3.8, 4) is 11.5 Å². The molecule has 0 aliphatic heterocycles. The second kappa shape index (κ2) is 6.64. The van der Waals surface area contributed by atoms with Crippen LogP contribution < -0.4 is 9.47 Å². The lowest BCUT2D eigenvalue weighted by molar-refractivity contribution is 0.105. The number of aliphatic hydroxyl groups excluding tert-OH is 1. The molecule has 0 bridgehead atoms. The first-order valence-corrected chi connectivity index (χ1v) is 7.05. The van der Waals surface area contributed by atoms with E-state index in [1.807, 2.05) is 44.2 Å². The molecular formula is C18H22O3. The van der Waals surface area contributed by atoms with Crippen LogP contribution in [0.25, 0.3) is 0 Å². The van der Waals surface area contributed by atoms with E-state index in [-0.39, 0.29) is 6.61 Å². The molecule has 0 aliphatic carbocycles. The first-order chi connectivity index (χ1) is 10.0. The van der Waals surface area contributed by atoms with E-state index in [4.69, 9.17) is 9.47 Å². The van der Waals surface area contributed by atoms with Gasteiger partial charge in [0.15, 0.2) is 0 Å². The van der Waals surface area contributed by atoms with Crippen molar-refractivity contribution in [1.82, 2.24) is 0 Å². The number of aliphatic hydroxyl groups is 1. The number of methoxy groups -OCH3 is 1. The van der Waals surface area contributed by atoms with Crippen molar-refractivity contribution in [2.24, 2.45) is 0 Å². The molecular weight excluding hydrogens is 264 g/mol. The Balaban J connectivity index is 2.15. The van der Waals surface area contributed by atoms with Gasteiger partial charge < -0.3 is 14.6 Å². The Morgan fingerprint density at radius 2 is 1.67 bits per heavy atom. The number of aryl methyl sites for hydroxylation is 2. The van der Waals surface area contributed by atoms with Crippen molar-refractivity contribution in [2.45, 2.75) is 26.9 Å². The topological polar surface area (TPSA) is 38.7 Å². The highest BCUT2D eigenvalue weighted by Crippen LogP contribution is 2.29. The molecule has 0 aliphatic rings. The Bertz CT molecular complexity index is 620. The number of benzene rings is 2. The smallest absolute Gasteiger partial charge is 0.125 e. The first-order valence-electron chi connectivity index (χ1n) is 7.05. The van der Waals surface area contributed by atoms with Crippen LogP contribution in [-0.2, 0) is 0 Å². The average molecular weight is 286 g/mol. The summed E-state index contributed by atoms with van der Waals surface area (Å²) in [7, 11) is 1.60. The normalized spacial score (nSPS) is 12.0. The molecule has 1 N–H and O–H groups in total. The van der Waals surface area contributed by atoms with E-state index >= 15 is 0 Å². The van der Waals surface area contributed by atoms with Gasteiger partial charge in [-0.25, -0.2) is 0 Å². The van der Waals surface area contributed by atoms with Gasteiger partial charge in [0.25, 0.3) is 0 Å². The van der Waals surface area contributed by atoms with Gasteiger partial charge in [0.2, 0.25) is 0 Å². The number of hydrogen-bond donors (Lipinski definition) is 1. The molecule has 2 aromatic rings. The zero-order valence-corrected chi connectivity index (χ0v) is 13.0. The lowest BCUT2D eigenvalue weighted by Gasteiger charge is -2.18. The molecule has 21 heavy (non-hydrogen) atoms. The molecule has 0 amide bonds. The van der Waals surface area contributed by atoms with E-state index in [9.17, 15) is 5.11 Å². The molecule has 0 aromatic heterocycles. The summed E-state index contributed by atoms with van der Waals surface area (Å²) in [5.41, 5.74) is 4.11. The van der Waals surface area contributed by atoms with Gasteiger partial charge in [-0.05, 0) is 43.5 Å². The molecule has 0 saturated carbocycles. The van der Waals surface area contributed by atoms with Crippen molar-refractivity contribution in [3.63, 3.8) is 0 Å². The summed E-state index contributed by atoms with van der Waals surface area (Å²) in [5, 5.41) is 10.3. The van der Waals surface area contributed by atoms with Gasteiger partial charge in [-0.15, -0.1) is 0 Å². The van der Waals surface area contributed by atoms with E-state index in [0.717, 1.165) is 22.4 Å². The summed E-state index contributed by atoms with van der Waals surface area (Å²) < 4.78 is 11.1. The zero-order valence-electron chi connectivity index (χ0n) is 13.0. The van der Waals surface area contributed by atoms with Crippen molar-refractivity contribution in [2.75, 3.05) is 13.7 Å². The third kappa shape index (κ3) is 3.37. The van der Waals surface area contributed by atoms with Crippen molar-refractivity contribution in [3.05, 3.63) is 58.7 Å². The lowest BCUT2D eigenvalue weighted by atomic mass is 10.1. The van der Waals surface area contributed by atoms with Crippen LogP contribution >= 0.6 is 0 Å². The monoisotopic (exact) mass is 286 g/mol. The van der Waals surface area contributed by atoms with Gasteiger partial charge in [-0.2, -0.15) is 0 Å². The highest BCUT2D eigenvalue weighted by Gasteiger charge is 2.15. The van der Waals surface area contributed by atoms with Crippen LogP contribution in [0.1, 0.15) is 28.4 Å². The van der Waals surface area contributed by atoms with Crippen LogP contribution in [0.5, 0.6) is 11.5 Å². The molecule has 2 aromatic carbocycles. The molecule has 0 saturated heterocycles. The fourth-order valence-corrected chi connectivity index (χ4v) is 2.34. The maximum Gasteiger partial charge on any atom is 0.125 e. The highest BCUT2D eigenvalue weighted by molar-refractivity contribution is 5.44. The molecule has 0 spiro atoms. The molecule has 2 rings (SSSR count). The largest absolute Gasteiger partial charge is 0.496 e. The van der Waals surface area contributed by atoms with E-state index in [1.54, 1.807) is 7.11 Å². The van der Waals surface area contributed by atoms with Crippen LogP contribution in [0.15, 0.2) is 36.4 Å². The molecule has 1 unspecified atom stereocenters. The number of hydrogen-bond acceptors (Lipinski definition) is 3. The summed E-state index contributed by atoms with van der Waals surface area (Å²) >= 11 is 0. The van der Waals surface area contributed by atoms with Crippen molar-refractivity contribution >= 4 is 0 Å². The summed E-state index contributed by atoms with van der Waals surface area (Å²) in [6.45, 7) is 6.30. The summed E-state index contributed by atoms with van der Waals surface area (Å²) in [5.74, 6) is 1.52. The Kier molecular flexibility index (Phi) is 4.86. The van der Waals surface area contributed by atoms with Gasteiger partial charge in [0.05, 0.1) is 7.11 Å². The van der Waals surface area contributed by atoms with Gasteiger partial charge in [-0.3, -0.25) is 0 Å². The summed E-state index contributed by atoms with van der Waals surface area (Å²) in [6, 6.07) is 11.6. The molecule has 3 heteroatoms. The third-order valence-electron chi connectivity index (χ3n) is 3.76. The predicted molar refractivity (Wildman–Crippen MR) is 84.1 cm³/mol. The van der Waals surface area contributed by atoms with E-state index in [2.05, 4.69) is 13.0 Å². The minimum atomic E-state index is -0.722. The quantitative estimate of drug-likeness (QED) is 0.910. The third-order valence-corrected chi connectivity index (χ3v) is 3.76. The van der Waals surface area contributed by atoms with Gasteiger partial charge in [-0.1, -0.05) is 30.3 Å². The van der Waals surface area contributed by atoms with Gasteiger partial charge in [0.1, 0.15) is 24.2 Å². The lowest BCUT2D eigenvalue weighted by Crippen LogP contribution is -2.12. The highest BCUT2D eigenvalue weighted by atomic mass is 16.5. The Hall–Kier alpha value is -2.00. The fraction of sp³-hybridized carbons (Fsp3) is 0.333. The predicted octanol–water partition coefficient (Wildman–Crippen LogP) is 3.73. The van der Waals surface area contributed by atoms with Crippen molar-refractivity contribution in [1.29, 1.82) is 0 Å². The molecule has 0 radical (unpaired) electrons. The maximum absolute atomic E-state index is 10.3. The van der Waals surface area contributed by atoms with Crippen LogP contribution in [-0.4, -0.2) is 18.8 Å². The van der Waals surface area contributed by atoms with E-state index in [0.29, 0.717) is 5.75 Å². The SMILES string of the molecule is COc1ccccc1C(O)COc1c(C)ccc(C)c1C. The van der Waals surface area contributed by atoms with Crippen LogP contribution in [0.2, 0.25) is 0 Å². The standard InChI is InChI=1S/C18H22O3/c1-12-9-10-13(2)18(14(12)3)21-11-16(19)15-7-5-6-8-17(15)20-4/h5-10,16,19H,11H2,1-4H3. The number of para-hydroxylation sites is 1. The zero-order chi connectivity index (χ0) is 15.4. The van der Waals surface area contributed by atoms with Gasteiger partial charge in [0, 0.05) is 5.56 Å². The Morgan fingerprint density at radius 1 is 1.00 bits per heavy atom. The second-order valence-corrected chi connectivity index (χ2v) is 5.22. The van der Waals surface area contributed by atoms with Crippen LogP contribution in [0.4, 0.5) is 0 Å². The number of ether oxygens (including phenoxy) is 2.